The van der Waals surface area contributed by atoms with E-state index in [4.69, 9.17) is 4.74 Å². The van der Waals surface area contributed by atoms with Crippen molar-refractivity contribution in [1.29, 1.82) is 0 Å². The topological polar surface area (TPSA) is 58.6 Å². The summed E-state index contributed by atoms with van der Waals surface area (Å²) < 4.78 is 5.20. The van der Waals surface area contributed by atoms with Crippen LogP contribution in [0.5, 0.6) is 0 Å². The second-order valence-electron chi connectivity index (χ2n) is 5.62. The highest BCUT2D eigenvalue weighted by Crippen LogP contribution is 2.44. The van der Waals surface area contributed by atoms with Crippen molar-refractivity contribution in [3.05, 3.63) is 35.9 Å². The smallest absolute Gasteiger partial charge is 0.407 e. The van der Waals surface area contributed by atoms with E-state index in [0.717, 1.165) is 24.8 Å². The number of hydrogen-bond donors (Lipinski definition) is 2. The van der Waals surface area contributed by atoms with Gasteiger partial charge in [-0.05, 0) is 30.7 Å². The molecule has 2 aliphatic carbocycles. The summed E-state index contributed by atoms with van der Waals surface area (Å²) >= 11 is 0. The van der Waals surface area contributed by atoms with Crippen molar-refractivity contribution in [2.24, 2.45) is 11.8 Å². The van der Waals surface area contributed by atoms with Crippen molar-refractivity contribution < 1.29 is 14.6 Å². The average molecular weight is 261 g/mol. The van der Waals surface area contributed by atoms with Gasteiger partial charge in [-0.25, -0.2) is 4.79 Å². The van der Waals surface area contributed by atoms with E-state index in [1.807, 2.05) is 30.3 Å². The first-order valence-corrected chi connectivity index (χ1v) is 6.87. The minimum atomic E-state index is -0.381. The van der Waals surface area contributed by atoms with Gasteiger partial charge < -0.3 is 15.2 Å². The molecule has 0 heterocycles. The van der Waals surface area contributed by atoms with E-state index in [1.165, 1.54) is 0 Å². The Morgan fingerprint density at radius 1 is 1.26 bits per heavy atom. The molecule has 4 atom stereocenters. The molecule has 0 spiro atoms. The molecule has 2 saturated carbocycles. The fraction of sp³-hybridized carbons (Fsp3) is 0.533. The second kappa shape index (κ2) is 5.21. The Morgan fingerprint density at radius 3 is 2.74 bits per heavy atom. The van der Waals surface area contributed by atoms with Gasteiger partial charge in [0.1, 0.15) is 6.61 Å². The van der Waals surface area contributed by atoms with E-state index >= 15 is 0 Å². The number of benzene rings is 1. The number of aliphatic hydroxyl groups excluding tert-OH is 1. The first-order chi connectivity index (χ1) is 9.22. The summed E-state index contributed by atoms with van der Waals surface area (Å²) in [6, 6.07) is 9.70. The number of hydrogen-bond acceptors (Lipinski definition) is 3. The number of fused-ring (bicyclic) bond motifs is 2. The summed E-state index contributed by atoms with van der Waals surface area (Å²) in [7, 11) is 0. The van der Waals surface area contributed by atoms with Crippen LogP contribution in [0.25, 0.3) is 0 Å². The van der Waals surface area contributed by atoms with Gasteiger partial charge in [-0.2, -0.15) is 0 Å². The highest BCUT2D eigenvalue weighted by Gasteiger charge is 2.46. The second-order valence-corrected chi connectivity index (χ2v) is 5.62. The number of aliphatic hydroxyl groups is 1. The Hall–Kier alpha value is -1.55. The number of ether oxygens (including phenoxy) is 1. The maximum atomic E-state index is 11.7. The molecule has 3 rings (SSSR count). The van der Waals surface area contributed by atoms with E-state index in [-0.39, 0.29) is 30.8 Å². The lowest BCUT2D eigenvalue weighted by Crippen LogP contribution is -2.43. The molecule has 4 heteroatoms. The molecule has 0 radical (unpaired) electrons. The zero-order valence-corrected chi connectivity index (χ0v) is 10.8. The summed E-state index contributed by atoms with van der Waals surface area (Å²) in [4.78, 5) is 11.7. The Bertz CT molecular complexity index is 448. The van der Waals surface area contributed by atoms with Crippen LogP contribution in [0, 0.1) is 11.8 Å². The number of rotatable bonds is 3. The third-order valence-electron chi connectivity index (χ3n) is 4.29. The molecule has 0 saturated heterocycles. The molecule has 0 aromatic heterocycles. The van der Waals surface area contributed by atoms with E-state index in [1.54, 1.807) is 0 Å². The Kier molecular flexibility index (Phi) is 3.42. The first kappa shape index (κ1) is 12.5. The van der Waals surface area contributed by atoms with Gasteiger partial charge in [0.05, 0.1) is 6.10 Å². The Labute approximate surface area is 112 Å². The molecule has 1 amide bonds. The van der Waals surface area contributed by atoms with Crippen LogP contribution in [0.4, 0.5) is 4.79 Å². The third-order valence-corrected chi connectivity index (χ3v) is 4.29. The zero-order valence-electron chi connectivity index (χ0n) is 10.8. The fourth-order valence-electron chi connectivity index (χ4n) is 3.40. The van der Waals surface area contributed by atoms with Gasteiger partial charge in [0.2, 0.25) is 0 Å². The van der Waals surface area contributed by atoms with Crippen molar-refractivity contribution in [3.8, 4) is 0 Å². The highest BCUT2D eigenvalue weighted by molar-refractivity contribution is 5.67. The molecule has 2 N–H and O–H groups in total. The van der Waals surface area contributed by atoms with E-state index < -0.39 is 0 Å². The van der Waals surface area contributed by atoms with Gasteiger partial charge in [-0.3, -0.25) is 0 Å². The first-order valence-electron chi connectivity index (χ1n) is 6.87. The number of carbonyl (C=O) groups is 1. The van der Waals surface area contributed by atoms with Crippen molar-refractivity contribution in [2.45, 2.75) is 38.0 Å². The van der Waals surface area contributed by atoms with Gasteiger partial charge in [-0.15, -0.1) is 0 Å². The standard InChI is InChI=1S/C15H19NO3/c17-14-8-11-6-12(14)13(7-11)16-15(18)19-9-10-4-2-1-3-5-10/h1-5,11-14,17H,6-9H2,(H,16,18). The predicted molar refractivity (Wildman–Crippen MR) is 70.4 cm³/mol. The van der Waals surface area contributed by atoms with Gasteiger partial charge in [0.25, 0.3) is 0 Å². The van der Waals surface area contributed by atoms with Crippen LogP contribution in [-0.4, -0.2) is 23.3 Å². The minimum Gasteiger partial charge on any atom is -0.445 e. The molecule has 1 aromatic carbocycles. The zero-order chi connectivity index (χ0) is 13.2. The van der Waals surface area contributed by atoms with Crippen molar-refractivity contribution in [3.63, 3.8) is 0 Å². The molecule has 102 valence electrons. The number of amides is 1. The fourth-order valence-corrected chi connectivity index (χ4v) is 3.40. The highest BCUT2D eigenvalue weighted by atomic mass is 16.5. The van der Waals surface area contributed by atoms with Crippen LogP contribution in [0.1, 0.15) is 24.8 Å². The van der Waals surface area contributed by atoms with Gasteiger partial charge in [0, 0.05) is 12.0 Å². The molecule has 2 fully saturated rings. The maximum Gasteiger partial charge on any atom is 0.407 e. The molecular weight excluding hydrogens is 242 g/mol. The van der Waals surface area contributed by atoms with Crippen LogP contribution in [-0.2, 0) is 11.3 Å². The van der Waals surface area contributed by atoms with Gasteiger partial charge in [-0.1, -0.05) is 30.3 Å². The van der Waals surface area contributed by atoms with Crippen molar-refractivity contribution in [2.75, 3.05) is 0 Å². The van der Waals surface area contributed by atoms with Crippen LogP contribution < -0.4 is 5.32 Å². The largest absolute Gasteiger partial charge is 0.445 e. The molecular formula is C15H19NO3. The molecule has 4 nitrogen and oxygen atoms in total. The van der Waals surface area contributed by atoms with E-state index in [0.29, 0.717) is 5.92 Å². The number of nitrogens with one attached hydrogen (secondary N) is 1. The van der Waals surface area contributed by atoms with Gasteiger partial charge in [0.15, 0.2) is 0 Å². The average Bonchev–Trinajstić information content (AvgIpc) is 2.96. The van der Waals surface area contributed by atoms with Crippen molar-refractivity contribution >= 4 is 6.09 Å². The van der Waals surface area contributed by atoms with Crippen LogP contribution in [0.2, 0.25) is 0 Å². The summed E-state index contributed by atoms with van der Waals surface area (Å²) in [6.07, 6.45) is 2.27. The molecule has 0 aliphatic heterocycles. The molecule has 2 aliphatic rings. The number of carbonyl (C=O) groups excluding carboxylic acids is 1. The lowest BCUT2D eigenvalue weighted by Gasteiger charge is -2.26. The van der Waals surface area contributed by atoms with E-state index in [2.05, 4.69) is 5.32 Å². The maximum absolute atomic E-state index is 11.7. The van der Waals surface area contributed by atoms with Crippen LogP contribution >= 0.6 is 0 Å². The van der Waals surface area contributed by atoms with Gasteiger partial charge >= 0.3 is 6.09 Å². The normalized spacial score (nSPS) is 32.3. The molecule has 4 unspecified atom stereocenters. The lowest BCUT2D eigenvalue weighted by atomic mass is 9.93. The summed E-state index contributed by atoms with van der Waals surface area (Å²) in [5.41, 5.74) is 0.977. The molecule has 19 heavy (non-hydrogen) atoms. The molecule has 1 aromatic rings. The Balaban J connectivity index is 1.47. The van der Waals surface area contributed by atoms with Crippen LogP contribution in [0.3, 0.4) is 0 Å². The predicted octanol–water partition coefficient (Wildman–Crippen LogP) is 2.07. The summed E-state index contributed by atoms with van der Waals surface area (Å²) in [5, 5.41) is 12.7. The third kappa shape index (κ3) is 2.73. The summed E-state index contributed by atoms with van der Waals surface area (Å²) in [6.45, 7) is 0.288. The van der Waals surface area contributed by atoms with Crippen molar-refractivity contribution in [1.82, 2.24) is 5.32 Å². The monoisotopic (exact) mass is 261 g/mol. The summed E-state index contributed by atoms with van der Waals surface area (Å²) in [5.74, 6) is 0.786. The van der Waals surface area contributed by atoms with E-state index in [9.17, 15) is 9.90 Å². The molecule has 2 bridgehead atoms. The van der Waals surface area contributed by atoms with Crippen LogP contribution in [0.15, 0.2) is 30.3 Å². The Morgan fingerprint density at radius 2 is 2.05 bits per heavy atom. The number of alkyl carbamates (subject to hydrolysis) is 1. The quantitative estimate of drug-likeness (QED) is 0.875. The lowest BCUT2D eigenvalue weighted by molar-refractivity contribution is 0.0849. The minimum absolute atomic E-state index is 0.0806. The SMILES string of the molecule is O=C(NC1CC2CC(O)C1C2)OCc1ccccc1.